The normalized spacial score (nSPS) is 14.4. The van der Waals surface area contributed by atoms with Gasteiger partial charge in [-0.15, -0.1) is 0 Å². The molecular weight excluding hydrogens is 215 g/mol. The van der Waals surface area contributed by atoms with Gasteiger partial charge in [0.2, 0.25) is 6.71 Å². The molecule has 0 bridgehead atoms. The lowest BCUT2D eigenvalue weighted by atomic mass is 9.42. The Hall–Kier alpha value is -1.35. The van der Waals surface area contributed by atoms with Gasteiger partial charge < -0.3 is 0 Å². The van der Waals surface area contributed by atoms with E-state index >= 15 is 0 Å². The number of hydrogen-bond donors (Lipinski definition) is 0. The molecule has 0 aromatic heterocycles. The fourth-order valence-electron chi connectivity index (χ4n) is 2.30. The smallest absolute Gasteiger partial charge is 0.209 e. The van der Waals surface area contributed by atoms with Crippen molar-refractivity contribution < 1.29 is 4.21 Å². The highest BCUT2D eigenvalue weighted by Crippen LogP contribution is 2.18. The van der Waals surface area contributed by atoms with E-state index in [9.17, 15) is 4.21 Å². The SMILES string of the molecule is CB1c2ccccc2S(=O)c2ccccc21. The van der Waals surface area contributed by atoms with Gasteiger partial charge in [-0.2, -0.15) is 0 Å². The first kappa shape index (κ1) is 9.85. The van der Waals surface area contributed by atoms with Crippen molar-refractivity contribution in [1.82, 2.24) is 0 Å². The summed E-state index contributed by atoms with van der Waals surface area (Å²) in [5.41, 5.74) is 2.39. The Bertz CT molecular complexity index is 530. The highest BCUT2D eigenvalue weighted by Gasteiger charge is 2.28. The third-order valence-electron chi connectivity index (χ3n) is 3.17. The minimum absolute atomic E-state index is 0.338. The standard InChI is InChI=1S/C13H11BOS/c1-14-10-6-2-4-8-12(10)16(15)13-9-5-3-7-11(13)14/h2-9H,1H3. The molecule has 1 heterocycles. The van der Waals surface area contributed by atoms with Crippen LogP contribution in [0.1, 0.15) is 0 Å². The molecule has 16 heavy (non-hydrogen) atoms. The van der Waals surface area contributed by atoms with Gasteiger partial charge in [0.05, 0.1) is 10.8 Å². The molecule has 1 nitrogen and oxygen atoms in total. The molecule has 2 aromatic carbocycles. The first-order valence-corrected chi connectivity index (χ1v) is 6.53. The van der Waals surface area contributed by atoms with Crippen molar-refractivity contribution in [3.05, 3.63) is 48.5 Å². The highest BCUT2D eigenvalue weighted by molar-refractivity contribution is 7.86. The van der Waals surface area contributed by atoms with E-state index < -0.39 is 10.8 Å². The van der Waals surface area contributed by atoms with Gasteiger partial charge in [-0.25, -0.2) is 4.21 Å². The summed E-state index contributed by atoms with van der Waals surface area (Å²) in [5.74, 6) is 0. The molecule has 0 fully saturated rings. The van der Waals surface area contributed by atoms with E-state index in [0.717, 1.165) is 9.79 Å². The molecule has 0 amide bonds. The quantitative estimate of drug-likeness (QED) is 0.620. The van der Waals surface area contributed by atoms with Crippen LogP contribution in [0.15, 0.2) is 58.3 Å². The third kappa shape index (κ3) is 1.28. The lowest BCUT2D eigenvalue weighted by Crippen LogP contribution is -2.46. The molecule has 0 radical (unpaired) electrons. The summed E-state index contributed by atoms with van der Waals surface area (Å²) in [6.45, 7) is 2.51. The number of fused-ring (bicyclic) bond motifs is 2. The monoisotopic (exact) mass is 226 g/mol. The van der Waals surface area contributed by atoms with Crippen LogP contribution in [0.5, 0.6) is 0 Å². The first-order valence-electron chi connectivity index (χ1n) is 5.38. The van der Waals surface area contributed by atoms with Crippen molar-refractivity contribution in [1.29, 1.82) is 0 Å². The van der Waals surface area contributed by atoms with Crippen molar-refractivity contribution in [3.63, 3.8) is 0 Å². The van der Waals surface area contributed by atoms with E-state index in [1.807, 2.05) is 36.4 Å². The molecule has 0 saturated carbocycles. The fourth-order valence-corrected chi connectivity index (χ4v) is 3.86. The van der Waals surface area contributed by atoms with E-state index in [-0.39, 0.29) is 0 Å². The van der Waals surface area contributed by atoms with Crippen molar-refractivity contribution in [2.24, 2.45) is 0 Å². The van der Waals surface area contributed by atoms with Crippen LogP contribution in [0.4, 0.5) is 0 Å². The van der Waals surface area contributed by atoms with Crippen molar-refractivity contribution >= 4 is 28.4 Å². The molecule has 78 valence electrons. The molecule has 0 N–H and O–H groups in total. The van der Waals surface area contributed by atoms with E-state index in [2.05, 4.69) is 19.0 Å². The summed E-state index contributed by atoms with van der Waals surface area (Å²) in [5, 5.41) is 0. The molecule has 3 rings (SSSR count). The Morgan fingerprint density at radius 1 is 0.875 bits per heavy atom. The van der Waals surface area contributed by atoms with E-state index in [0.29, 0.717) is 6.71 Å². The summed E-state index contributed by atoms with van der Waals surface area (Å²) in [4.78, 5) is 1.93. The Morgan fingerprint density at radius 2 is 1.31 bits per heavy atom. The second-order valence-corrected chi connectivity index (χ2v) is 5.48. The molecule has 0 atom stereocenters. The zero-order valence-electron chi connectivity index (χ0n) is 9.01. The van der Waals surface area contributed by atoms with Crippen molar-refractivity contribution in [2.75, 3.05) is 0 Å². The van der Waals surface area contributed by atoms with Crippen LogP contribution < -0.4 is 10.9 Å². The maximum atomic E-state index is 12.4. The van der Waals surface area contributed by atoms with Crippen LogP contribution >= 0.6 is 0 Å². The topological polar surface area (TPSA) is 17.1 Å². The molecule has 2 aromatic rings. The number of rotatable bonds is 0. The number of hydrogen-bond acceptors (Lipinski definition) is 1. The number of benzene rings is 2. The predicted molar refractivity (Wildman–Crippen MR) is 68.4 cm³/mol. The zero-order chi connectivity index (χ0) is 11.1. The Kier molecular flexibility index (Phi) is 2.21. The van der Waals surface area contributed by atoms with Crippen molar-refractivity contribution in [2.45, 2.75) is 16.6 Å². The maximum absolute atomic E-state index is 12.4. The van der Waals surface area contributed by atoms with E-state index in [1.165, 1.54) is 10.9 Å². The van der Waals surface area contributed by atoms with Crippen LogP contribution in [0, 0.1) is 0 Å². The van der Waals surface area contributed by atoms with E-state index in [1.54, 1.807) is 0 Å². The summed E-state index contributed by atoms with van der Waals surface area (Å²) >= 11 is 0. The Labute approximate surface area is 98.0 Å². The molecule has 1 aliphatic rings. The minimum atomic E-state index is -1.01. The summed E-state index contributed by atoms with van der Waals surface area (Å²) in [7, 11) is -1.01. The van der Waals surface area contributed by atoms with Gasteiger partial charge in [0.25, 0.3) is 0 Å². The third-order valence-corrected chi connectivity index (χ3v) is 4.71. The largest absolute Gasteiger partial charge is 0.249 e. The van der Waals surface area contributed by atoms with Crippen LogP contribution in [0.25, 0.3) is 0 Å². The summed E-state index contributed by atoms with van der Waals surface area (Å²) in [6.07, 6.45) is 0. The maximum Gasteiger partial charge on any atom is 0.209 e. The Balaban J connectivity index is 2.30. The van der Waals surface area contributed by atoms with Crippen LogP contribution in [-0.4, -0.2) is 10.9 Å². The predicted octanol–water partition coefficient (Wildman–Crippen LogP) is 1.41. The van der Waals surface area contributed by atoms with Crippen molar-refractivity contribution in [3.8, 4) is 0 Å². The molecule has 0 saturated heterocycles. The lowest BCUT2D eigenvalue weighted by molar-refractivity contribution is 0.683. The Morgan fingerprint density at radius 3 is 1.81 bits per heavy atom. The van der Waals surface area contributed by atoms with Crippen LogP contribution in [-0.2, 0) is 10.8 Å². The van der Waals surface area contributed by atoms with Gasteiger partial charge in [-0.1, -0.05) is 54.1 Å². The second-order valence-electron chi connectivity index (χ2n) is 4.07. The molecule has 0 spiro atoms. The van der Waals surface area contributed by atoms with Gasteiger partial charge in [0.1, 0.15) is 0 Å². The second kappa shape index (κ2) is 3.60. The van der Waals surface area contributed by atoms with Gasteiger partial charge in [0, 0.05) is 9.79 Å². The van der Waals surface area contributed by atoms with Gasteiger partial charge >= 0.3 is 0 Å². The van der Waals surface area contributed by atoms with Gasteiger partial charge in [-0.3, -0.25) is 0 Å². The van der Waals surface area contributed by atoms with E-state index in [4.69, 9.17) is 0 Å². The average molecular weight is 226 g/mol. The van der Waals surface area contributed by atoms with Crippen LogP contribution in [0.2, 0.25) is 6.82 Å². The molecule has 3 heteroatoms. The molecule has 1 aliphatic heterocycles. The average Bonchev–Trinajstić information content (AvgIpc) is 2.36. The molecule has 0 aliphatic carbocycles. The summed E-state index contributed by atoms with van der Waals surface area (Å²) in [6, 6.07) is 16.0. The van der Waals surface area contributed by atoms with Crippen LogP contribution in [0.3, 0.4) is 0 Å². The fraction of sp³-hybridized carbons (Fsp3) is 0.0769. The minimum Gasteiger partial charge on any atom is -0.249 e. The lowest BCUT2D eigenvalue weighted by Gasteiger charge is -2.22. The molecular formula is C13H11BOS. The molecule has 0 unspecified atom stereocenters. The van der Waals surface area contributed by atoms with Gasteiger partial charge in [0.15, 0.2) is 0 Å². The van der Waals surface area contributed by atoms with Gasteiger partial charge in [-0.05, 0) is 12.1 Å². The first-order chi connectivity index (χ1) is 7.79. The summed E-state index contributed by atoms with van der Waals surface area (Å²) < 4.78 is 12.4. The zero-order valence-corrected chi connectivity index (χ0v) is 9.83. The highest BCUT2D eigenvalue weighted by atomic mass is 32.2.